The van der Waals surface area contributed by atoms with E-state index in [0.29, 0.717) is 5.92 Å². The number of hydrogen-bond acceptors (Lipinski definition) is 4. The van der Waals surface area contributed by atoms with Crippen LogP contribution >= 0.6 is 0 Å². The SMILES string of the molecule is CC(=O)N[C@H]1C[C@@H](c2ccc(NC(=O)Cn3cnc4ccccc43)cc2)O[C@@H](C(C)C)C1. The van der Waals surface area contributed by atoms with Crippen molar-refractivity contribution in [3.8, 4) is 0 Å². The molecule has 2 aromatic carbocycles. The monoisotopic (exact) mass is 434 g/mol. The molecule has 3 aromatic rings. The number of carbonyl (C=O) groups excluding carboxylic acids is 2. The molecular formula is C25H30N4O3. The first-order valence-electron chi connectivity index (χ1n) is 11.1. The minimum Gasteiger partial charge on any atom is -0.370 e. The maximum atomic E-state index is 12.5. The molecule has 1 aliphatic rings. The van der Waals surface area contributed by atoms with Crippen LogP contribution in [0.3, 0.4) is 0 Å². The van der Waals surface area contributed by atoms with Crippen molar-refractivity contribution in [3.63, 3.8) is 0 Å². The average Bonchev–Trinajstić information content (AvgIpc) is 3.16. The van der Waals surface area contributed by atoms with E-state index in [0.717, 1.165) is 35.1 Å². The molecule has 0 spiro atoms. The van der Waals surface area contributed by atoms with Crippen LogP contribution in [0.5, 0.6) is 0 Å². The van der Waals surface area contributed by atoms with Crippen molar-refractivity contribution in [1.29, 1.82) is 0 Å². The van der Waals surface area contributed by atoms with Gasteiger partial charge in [-0.05, 0) is 48.6 Å². The van der Waals surface area contributed by atoms with E-state index in [4.69, 9.17) is 4.74 Å². The molecule has 0 saturated carbocycles. The highest BCUT2D eigenvalue weighted by molar-refractivity contribution is 5.91. The number of ether oxygens (including phenoxy) is 1. The van der Waals surface area contributed by atoms with Crippen molar-refractivity contribution in [2.45, 2.75) is 58.4 Å². The Hall–Kier alpha value is -3.19. The molecule has 0 radical (unpaired) electrons. The predicted molar refractivity (Wildman–Crippen MR) is 124 cm³/mol. The average molecular weight is 435 g/mol. The van der Waals surface area contributed by atoms with E-state index in [9.17, 15) is 9.59 Å². The molecule has 1 saturated heterocycles. The fraction of sp³-hybridized carbons (Fsp3) is 0.400. The zero-order valence-corrected chi connectivity index (χ0v) is 18.7. The Morgan fingerprint density at radius 3 is 2.59 bits per heavy atom. The number of nitrogens with one attached hydrogen (secondary N) is 2. The lowest BCUT2D eigenvalue weighted by molar-refractivity contribution is -0.123. The van der Waals surface area contributed by atoms with Gasteiger partial charge in [0.1, 0.15) is 6.54 Å². The van der Waals surface area contributed by atoms with Crippen LogP contribution in [-0.2, 0) is 20.9 Å². The molecule has 1 fully saturated rings. The van der Waals surface area contributed by atoms with Crippen LogP contribution in [0.2, 0.25) is 0 Å². The fourth-order valence-corrected chi connectivity index (χ4v) is 4.28. The predicted octanol–water partition coefficient (Wildman–Crippen LogP) is 4.06. The van der Waals surface area contributed by atoms with Gasteiger partial charge in [0.15, 0.2) is 0 Å². The van der Waals surface area contributed by atoms with Gasteiger partial charge in [0.05, 0.1) is 29.6 Å². The first kappa shape index (κ1) is 22.0. The Bertz CT molecular complexity index is 1090. The summed E-state index contributed by atoms with van der Waals surface area (Å²) in [5.74, 6) is 0.245. The maximum absolute atomic E-state index is 12.5. The number of benzene rings is 2. The van der Waals surface area contributed by atoms with Gasteiger partial charge in [0, 0.05) is 18.7 Å². The lowest BCUT2D eigenvalue weighted by Crippen LogP contribution is -2.43. The summed E-state index contributed by atoms with van der Waals surface area (Å²) in [6, 6.07) is 15.6. The van der Waals surface area contributed by atoms with Gasteiger partial charge in [-0.15, -0.1) is 0 Å². The molecule has 7 heteroatoms. The molecule has 2 amide bonds. The third-order valence-electron chi connectivity index (χ3n) is 5.91. The summed E-state index contributed by atoms with van der Waals surface area (Å²) in [6.45, 7) is 6.03. The Labute approximate surface area is 188 Å². The van der Waals surface area contributed by atoms with Crippen LogP contribution in [0.15, 0.2) is 54.9 Å². The van der Waals surface area contributed by atoms with E-state index in [1.54, 1.807) is 13.3 Å². The van der Waals surface area contributed by atoms with Crippen molar-refractivity contribution in [3.05, 3.63) is 60.4 Å². The summed E-state index contributed by atoms with van der Waals surface area (Å²) >= 11 is 0. The van der Waals surface area contributed by atoms with Crippen LogP contribution in [0.4, 0.5) is 5.69 Å². The van der Waals surface area contributed by atoms with Crippen LogP contribution in [0, 0.1) is 5.92 Å². The number of fused-ring (bicyclic) bond motifs is 1. The van der Waals surface area contributed by atoms with E-state index >= 15 is 0 Å². The zero-order valence-electron chi connectivity index (χ0n) is 18.7. The van der Waals surface area contributed by atoms with Crippen molar-refractivity contribution in [2.75, 3.05) is 5.32 Å². The number of aromatic nitrogens is 2. The minimum atomic E-state index is -0.111. The third-order valence-corrected chi connectivity index (χ3v) is 5.91. The van der Waals surface area contributed by atoms with E-state index < -0.39 is 0 Å². The summed E-state index contributed by atoms with van der Waals surface area (Å²) in [5.41, 5.74) is 3.58. The third kappa shape index (κ3) is 5.16. The zero-order chi connectivity index (χ0) is 22.7. The summed E-state index contributed by atoms with van der Waals surface area (Å²) in [7, 11) is 0. The molecule has 2 heterocycles. The van der Waals surface area contributed by atoms with E-state index in [2.05, 4.69) is 29.5 Å². The van der Waals surface area contributed by atoms with Gasteiger partial charge < -0.3 is 19.9 Å². The molecule has 2 N–H and O–H groups in total. The van der Waals surface area contributed by atoms with Gasteiger partial charge in [-0.3, -0.25) is 9.59 Å². The second-order valence-electron chi connectivity index (χ2n) is 8.81. The normalized spacial score (nSPS) is 20.9. The van der Waals surface area contributed by atoms with Crippen molar-refractivity contribution in [2.24, 2.45) is 5.92 Å². The number of amides is 2. The van der Waals surface area contributed by atoms with Crippen LogP contribution in [0.25, 0.3) is 11.0 Å². The Kier molecular flexibility index (Phi) is 6.55. The van der Waals surface area contributed by atoms with Gasteiger partial charge in [0.2, 0.25) is 11.8 Å². The summed E-state index contributed by atoms with van der Waals surface area (Å²) in [5, 5.41) is 6.01. The minimum absolute atomic E-state index is 0.0121. The molecule has 0 bridgehead atoms. The van der Waals surface area contributed by atoms with Gasteiger partial charge in [-0.2, -0.15) is 0 Å². The quantitative estimate of drug-likeness (QED) is 0.613. The lowest BCUT2D eigenvalue weighted by atomic mass is 9.90. The second kappa shape index (κ2) is 9.53. The van der Waals surface area contributed by atoms with Crippen LogP contribution < -0.4 is 10.6 Å². The highest BCUT2D eigenvalue weighted by Crippen LogP contribution is 2.34. The number of carbonyl (C=O) groups is 2. The van der Waals surface area contributed by atoms with Crippen LogP contribution in [-0.4, -0.2) is 33.5 Å². The van der Waals surface area contributed by atoms with E-state index in [-0.39, 0.29) is 36.6 Å². The number of hydrogen-bond donors (Lipinski definition) is 2. The molecular weight excluding hydrogens is 404 g/mol. The summed E-state index contributed by atoms with van der Waals surface area (Å²) in [4.78, 5) is 28.4. The lowest BCUT2D eigenvalue weighted by Gasteiger charge is -2.37. The van der Waals surface area contributed by atoms with Crippen molar-refractivity contribution < 1.29 is 14.3 Å². The molecule has 0 aliphatic carbocycles. The fourth-order valence-electron chi connectivity index (χ4n) is 4.28. The van der Waals surface area contributed by atoms with Crippen molar-refractivity contribution >= 4 is 28.5 Å². The van der Waals surface area contributed by atoms with E-state index in [1.807, 2.05) is 53.1 Å². The smallest absolute Gasteiger partial charge is 0.244 e. The number of rotatable bonds is 6. The Morgan fingerprint density at radius 1 is 1.12 bits per heavy atom. The summed E-state index contributed by atoms with van der Waals surface area (Å²) in [6.07, 6.45) is 3.25. The first-order valence-corrected chi connectivity index (χ1v) is 11.1. The number of anilines is 1. The Balaban J connectivity index is 1.40. The van der Waals surface area contributed by atoms with E-state index in [1.165, 1.54) is 0 Å². The molecule has 1 aromatic heterocycles. The highest BCUT2D eigenvalue weighted by Gasteiger charge is 2.32. The number of imidazole rings is 1. The topological polar surface area (TPSA) is 85.3 Å². The number of para-hydroxylation sites is 2. The molecule has 168 valence electrons. The van der Waals surface area contributed by atoms with Crippen LogP contribution in [0.1, 0.15) is 45.3 Å². The van der Waals surface area contributed by atoms with Gasteiger partial charge in [-0.25, -0.2) is 4.98 Å². The highest BCUT2D eigenvalue weighted by atomic mass is 16.5. The first-order chi connectivity index (χ1) is 15.4. The number of nitrogens with zero attached hydrogens (tertiary/aromatic N) is 2. The largest absolute Gasteiger partial charge is 0.370 e. The molecule has 0 unspecified atom stereocenters. The van der Waals surface area contributed by atoms with Crippen molar-refractivity contribution in [1.82, 2.24) is 14.9 Å². The molecule has 4 rings (SSSR count). The molecule has 7 nitrogen and oxygen atoms in total. The molecule has 3 atom stereocenters. The van der Waals surface area contributed by atoms with Gasteiger partial charge in [0.25, 0.3) is 0 Å². The van der Waals surface area contributed by atoms with Gasteiger partial charge >= 0.3 is 0 Å². The molecule has 1 aliphatic heterocycles. The maximum Gasteiger partial charge on any atom is 0.244 e. The van der Waals surface area contributed by atoms with Gasteiger partial charge in [-0.1, -0.05) is 38.1 Å². The standard InChI is InChI=1S/C25H30N4O3/c1-16(2)23-12-20(27-17(3)30)13-24(32-23)18-8-10-19(11-9-18)28-25(31)14-29-15-26-21-6-4-5-7-22(21)29/h4-11,15-16,20,23-24H,12-14H2,1-3H3,(H,27,30)(H,28,31)/t20-,23-,24+/m1/s1. The molecule has 32 heavy (non-hydrogen) atoms. The second-order valence-corrected chi connectivity index (χ2v) is 8.81. The Morgan fingerprint density at radius 2 is 1.88 bits per heavy atom. The summed E-state index contributed by atoms with van der Waals surface area (Å²) < 4.78 is 8.17.